The van der Waals surface area contributed by atoms with Crippen molar-refractivity contribution in [1.82, 2.24) is 14.9 Å². The van der Waals surface area contributed by atoms with Crippen molar-refractivity contribution in [2.24, 2.45) is 5.92 Å². The lowest BCUT2D eigenvalue weighted by atomic mass is 9.86. The Kier molecular flexibility index (Phi) is 4.54. The summed E-state index contributed by atoms with van der Waals surface area (Å²) in [6.45, 7) is 1.80. The van der Waals surface area contributed by atoms with Gasteiger partial charge in [-0.25, -0.2) is 0 Å². The number of carbonyl (C=O) groups is 1. The van der Waals surface area contributed by atoms with Gasteiger partial charge < -0.3 is 9.88 Å². The van der Waals surface area contributed by atoms with E-state index < -0.39 is 0 Å². The first-order valence-electron chi connectivity index (χ1n) is 9.51. The molecule has 3 heterocycles. The largest absolute Gasteiger partial charge is 0.360 e. The van der Waals surface area contributed by atoms with Crippen LogP contribution < -0.4 is 0 Å². The standard InChI is InChI=1S/C20H27N3O/c24-19(13-15-5-2-1-3-6-15)23-11-8-16(9-12-23)17-14-22-18-7-4-10-21-20(17)18/h4,7,10,14-16,22H,1-3,5-6,8-9,11-13H2. The minimum Gasteiger partial charge on any atom is -0.360 e. The number of hydrogen-bond donors (Lipinski definition) is 1. The lowest BCUT2D eigenvalue weighted by molar-refractivity contribution is -0.133. The average molecular weight is 325 g/mol. The van der Waals surface area contributed by atoms with Crippen LogP contribution in [-0.4, -0.2) is 33.9 Å². The predicted octanol–water partition coefficient (Wildman–Crippen LogP) is 4.24. The van der Waals surface area contributed by atoms with E-state index in [0.717, 1.165) is 43.4 Å². The fraction of sp³-hybridized carbons (Fsp3) is 0.600. The molecule has 4 rings (SSSR count). The second kappa shape index (κ2) is 6.96. The van der Waals surface area contributed by atoms with E-state index in [1.54, 1.807) is 0 Å². The molecule has 24 heavy (non-hydrogen) atoms. The molecular weight excluding hydrogens is 298 g/mol. The number of piperidine rings is 1. The van der Waals surface area contributed by atoms with E-state index in [0.29, 0.717) is 17.7 Å². The SMILES string of the molecule is O=C(CC1CCCCC1)N1CCC(c2c[nH]c3cccnc23)CC1. The summed E-state index contributed by atoms with van der Waals surface area (Å²) in [5, 5.41) is 0. The molecule has 0 atom stereocenters. The molecule has 1 aliphatic carbocycles. The number of hydrogen-bond acceptors (Lipinski definition) is 2. The molecule has 0 unspecified atom stereocenters. The third-order valence-corrected chi connectivity index (χ3v) is 5.94. The second-order valence-electron chi connectivity index (χ2n) is 7.51. The van der Waals surface area contributed by atoms with Crippen LogP contribution in [0.1, 0.15) is 62.8 Å². The molecule has 128 valence electrons. The molecule has 4 nitrogen and oxygen atoms in total. The zero-order valence-corrected chi connectivity index (χ0v) is 14.3. The van der Waals surface area contributed by atoms with E-state index in [2.05, 4.69) is 27.1 Å². The molecule has 2 aromatic heterocycles. The van der Waals surface area contributed by atoms with Crippen LogP contribution in [-0.2, 0) is 4.79 Å². The van der Waals surface area contributed by atoms with Crippen LogP contribution in [0.2, 0.25) is 0 Å². The Morgan fingerprint density at radius 3 is 2.75 bits per heavy atom. The molecular formula is C20H27N3O. The Hall–Kier alpha value is -1.84. The Labute approximate surface area is 143 Å². The van der Waals surface area contributed by atoms with Gasteiger partial charge in [-0.1, -0.05) is 19.3 Å². The van der Waals surface area contributed by atoms with Crippen molar-refractivity contribution < 1.29 is 4.79 Å². The van der Waals surface area contributed by atoms with Crippen LogP contribution in [0.5, 0.6) is 0 Å². The van der Waals surface area contributed by atoms with Gasteiger partial charge in [-0.3, -0.25) is 9.78 Å². The van der Waals surface area contributed by atoms with Gasteiger partial charge in [0.2, 0.25) is 5.91 Å². The van der Waals surface area contributed by atoms with Gasteiger partial charge in [-0.15, -0.1) is 0 Å². The summed E-state index contributed by atoms with van der Waals surface area (Å²) in [7, 11) is 0. The quantitative estimate of drug-likeness (QED) is 0.917. The van der Waals surface area contributed by atoms with Crippen molar-refractivity contribution in [2.75, 3.05) is 13.1 Å². The molecule has 0 bridgehead atoms. The lowest BCUT2D eigenvalue weighted by Crippen LogP contribution is -2.38. The first-order valence-corrected chi connectivity index (χ1v) is 9.51. The zero-order chi connectivity index (χ0) is 16.4. The van der Waals surface area contributed by atoms with Crippen LogP contribution in [0, 0.1) is 5.92 Å². The number of H-pyrrole nitrogens is 1. The molecule has 0 aromatic carbocycles. The Morgan fingerprint density at radius 2 is 1.96 bits per heavy atom. The number of amides is 1. The van der Waals surface area contributed by atoms with Gasteiger partial charge in [0.15, 0.2) is 0 Å². The Bertz CT molecular complexity index is 694. The summed E-state index contributed by atoms with van der Waals surface area (Å²) in [5.74, 6) is 1.55. The van der Waals surface area contributed by atoms with Crippen molar-refractivity contribution in [1.29, 1.82) is 0 Å². The molecule has 1 saturated heterocycles. The fourth-order valence-electron chi connectivity index (χ4n) is 4.49. The average Bonchev–Trinajstić information content (AvgIpc) is 3.07. The van der Waals surface area contributed by atoms with E-state index in [4.69, 9.17) is 0 Å². The van der Waals surface area contributed by atoms with Crippen molar-refractivity contribution in [3.8, 4) is 0 Å². The number of fused-ring (bicyclic) bond motifs is 1. The van der Waals surface area contributed by atoms with Gasteiger partial charge in [-0.05, 0) is 55.2 Å². The first kappa shape index (κ1) is 15.7. The number of likely N-dealkylation sites (tertiary alicyclic amines) is 1. The molecule has 2 fully saturated rings. The van der Waals surface area contributed by atoms with Crippen molar-refractivity contribution >= 4 is 16.9 Å². The zero-order valence-electron chi connectivity index (χ0n) is 14.3. The lowest BCUT2D eigenvalue weighted by Gasteiger charge is -2.33. The summed E-state index contributed by atoms with van der Waals surface area (Å²) in [4.78, 5) is 22.6. The van der Waals surface area contributed by atoms with Gasteiger partial charge in [0.25, 0.3) is 0 Å². The van der Waals surface area contributed by atoms with Crippen LogP contribution in [0.3, 0.4) is 0 Å². The smallest absolute Gasteiger partial charge is 0.222 e. The summed E-state index contributed by atoms with van der Waals surface area (Å²) in [6.07, 6.45) is 13.4. The molecule has 2 aromatic rings. The minimum absolute atomic E-state index is 0.386. The van der Waals surface area contributed by atoms with E-state index in [9.17, 15) is 4.79 Å². The first-order chi connectivity index (χ1) is 11.8. The maximum Gasteiger partial charge on any atom is 0.222 e. The molecule has 1 aliphatic heterocycles. The highest BCUT2D eigenvalue weighted by Crippen LogP contribution is 2.33. The molecule has 0 spiro atoms. The van der Waals surface area contributed by atoms with Crippen LogP contribution in [0.15, 0.2) is 24.5 Å². The van der Waals surface area contributed by atoms with Gasteiger partial charge in [0, 0.05) is 31.9 Å². The highest BCUT2D eigenvalue weighted by Gasteiger charge is 2.27. The second-order valence-corrected chi connectivity index (χ2v) is 7.51. The Morgan fingerprint density at radius 1 is 1.17 bits per heavy atom. The van der Waals surface area contributed by atoms with E-state index in [1.165, 1.54) is 37.7 Å². The molecule has 1 amide bonds. The summed E-state index contributed by atoms with van der Waals surface area (Å²) in [5.41, 5.74) is 3.54. The highest BCUT2D eigenvalue weighted by molar-refractivity contribution is 5.79. The maximum atomic E-state index is 12.6. The van der Waals surface area contributed by atoms with Gasteiger partial charge >= 0.3 is 0 Å². The third-order valence-electron chi connectivity index (χ3n) is 5.94. The maximum absolute atomic E-state index is 12.6. The van der Waals surface area contributed by atoms with Crippen LogP contribution in [0.25, 0.3) is 11.0 Å². The molecule has 1 N–H and O–H groups in total. The summed E-state index contributed by atoms with van der Waals surface area (Å²) < 4.78 is 0. The van der Waals surface area contributed by atoms with Gasteiger partial charge in [0.1, 0.15) is 0 Å². The van der Waals surface area contributed by atoms with Crippen molar-refractivity contribution in [3.63, 3.8) is 0 Å². The summed E-state index contributed by atoms with van der Waals surface area (Å²) in [6, 6.07) is 4.05. The normalized spacial score (nSPS) is 20.6. The molecule has 1 saturated carbocycles. The number of pyridine rings is 1. The topological polar surface area (TPSA) is 49.0 Å². The van der Waals surface area contributed by atoms with E-state index in [1.807, 2.05) is 12.3 Å². The minimum atomic E-state index is 0.386. The number of nitrogens with one attached hydrogen (secondary N) is 1. The van der Waals surface area contributed by atoms with Gasteiger partial charge in [-0.2, -0.15) is 0 Å². The number of carbonyl (C=O) groups excluding carboxylic acids is 1. The van der Waals surface area contributed by atoms with E-state index in [-0.39, 0.29) is 0 Å². The van der Waals surface area contributed by atoms with Gasteiger partial charge in [0.05, 0.1) is 11.0 Å². The van der Waals surface area contributed by atoms with E-state index >= 15 is 0 Å². The van der Waals surface area contributed by atoms with Crippen molar-refractivity contribution in [2.45, 2.75) is 57.3 Å². The van der Waals surface area contributed by atoms with Crippen LogP contribution in [0.4, 0.5) is 0 Å². The number of nitrogens with zero attached hydrogens (tertiary/aromatic N) is 2. The van der Waals surface area contributed by atoms with Crippen LogP contribution >= 0.6 is 0 Å². The third kappa shape index (κ3) is 3.19. The molecule has 2 aliphatic rings. The van der Waals surface area contributed by atoms with Crippen molar-refractivity contribution in [3.05, 3.63) is 30.1 Å². The molecule has 0 radical (unpaired) electrons. The fourth-order valence-corrected chi connectivity index (χ4v) is 4.49. The number of aromatic nitrogens is 2. The Balaban J connectivity index is 1.35. The predicted molar refractivity (Wildman–Crippen MR) is 95.8 cm³/mol. The molecule has 4 heteroatoms. The highest BCUT2D eigenvalue weighted by atomic mass is 16.2. The number of rotatable bonds is 3. The summed E-state index contributed by atoms with van der Waals surface area (Å²) >= 11 is 0. The monoisotopic (exact) mass is 325 g/mol. The number of aromatic amines is 1.